The molecule has 2 aliphatic rings. The molecule has 1 aliphatic heterocycles. The lowest BCUT2D eigenvalue weighted by atomic mass is 9.92. The van der Waals surface area contributed by atoms with Crippen molar-refractivity contribution in [3.8, 4) is 0 Å². The van der Waals surface area contributed by atoms with Gasteiger partial charge in [0, 0.05) is 35.9 Å². The van der Waals surface area contributed by atoms with E-state index < -0.39 is 11.4 Å². The molecule has 5 rings (SSSR count). The zero-order valence-corrected chi connectivity index (χ0v) is 16.2. The number of halogens is 1. The number of carbonyl (C=O) groups excluding carboxylic acids is 1. The predicted octanol–water partition coefficient (Wildman–Crippen LogP) is 3.71. The topological polar surface area (TPSA) is 75.4 Å². The van der Waals surface area contributed by atoms with Crippen LogP contribution in [0.3, 0.4) is 0 Å². The van der Waals surface area contributed by atoms with Crippen molar-refractivity contribution < 1.29 is 14.7 Å². The van der Waals surface area contributed by atoms with Crippen LogP contribution in [0.5, 0.6) is 0 Å². The van der Waals surface area contributed by atoms with Crippen LogP contribution in [0, 0.1) is 0 Å². The number of fused-ring (bicyclic) bond motifs is 2. The fourth-order valence-electron chi connectivity index (χ4n) is 4.48. The molecule has 1 saturated carbocycles. The largest absolute Gasteiger partial charge is 0.476 e. The summed E-state index contributed by atoms with van der Waals surface area (Å²) in [5.74, 6) is -0.809. The lowest BCUT2D eigenvalue weighted by Gasteiger charge is -2.18. The average Bonchev–Trinajstić information content (AvgIpc) is 3.20. The quantitative estimate of drug-likeness (QED) is 0.699. The Kier molecular flexibility index (Phi) is 3.99. The molecule has 2 heterocycles. The molecule has 3 aromatic rings. The molecule has 2 atom stereocenters. The lowest BCUT2D eigenvalue weighted by molar-refractivity contribution is -0.120. The number of rotatable bonds is 5. The van der Waals surface area contributed by atoms with Crippen molar-refractivity contribution >= 4 is 29.2 Å². The third kappa shape index (κ3) is 2.75. The van der Waals surface area contributed by atoms with Gasteiger partial charge in [-0.2, -0.15) is 0 Å². The summed E-state index contributed by atoms with van der Waals surface area (Å²) in [4.78, 5) is 30.2. The molecule has 1 fully saturated rings. The van der Waals surface area contributed by atoms with E-state index in [0.29, 0.717) is 18.1 Å². The van der Waals surface area contributed by atoms with Gasteiger partial charge < -0.3 is 14.6 Å². The van der Waals surface area contributed by atoms with Gasteiger partial charge in [-0.1, -0.05) is 41.9 Å². The van der Waals surface area contributed by atoms with E-state index in [1.165, 1.54) is 12.5 Å². The van der Waals surface area contributed by atoms with Crippen LogP contribution >= 0.6 is 11.6 Å². The van der Waals surface area contributed by atoms with Gasteiger partial charge in [-0.05, 0) is 35.7 Å². The lowest BCUT2D eigenvalue weighted by Crippen LogP contribution is -2.35. The number of aromatic carboxylic acids is 1. The molecule has 6 nitrogen and oxygen atoms in total. The molecule has 0 saturated heterocycles. The first-order valence-electron chi connectivity index (χ1n) is 9.43. The maximum atomic E-state index is 13.5. The third-order valence-corrected chi connectivity index (χ3v) is 6.22. The zero-order chi connectivity index (χ0) is 20.2. The number of carbonyl (C=O) groups is 2. The number of para-hydroxylation sites is 1. The SMILES string of the molecule is O=C(O)c1cn(CCN2C(=O)[C@@]3(C[C@H]3c3ccc(Cl)cc3)c3ccccc32)cn1. The number of carboxylic acids is 1. The van der Waals surface area contributed by atoms with Crippen LogP contribution in [0.15, 0.2) is 61.1 Å². The summed E-state index contributed by atoms with van der Waals surface area (Å²) in [6.07, 6.45) is 3.76. The maximum absolute atomic E-state index is 13.5. The standard InChI is InChI=1S/C22H18ClN3O3/c23-15-7-5-14(6-8-15)17-11-22(17)16-3-1-2-4-19(16)26(21(22)29)10-9-25-12-18(20(27)28)24-13-25/h1-8,12-13,17H,9-11H2,(H,27,28)/t17-,22-/m0/s1. The highest BCUT2D eigenvalue weighted by Gasteiger charge is 2.66. The smallest absolute Gasteiger partial charge is 0.356 e. The van der Waals surface area contributed by atoms with E-state index in [1.54, 1.807) is 4.57 Å². The Bertz CT molecular complexity index is 1120. The Labute approximate surface area is 172 Å². The van der Waals surface area contributed by atoms with Gasteiger partial charge in [-0.25, -0.2) is 9.78 Å². The van der Waals surface area contributed by atoms with Crippen LogP contribution in [0.25, 0.3) is 0 Å². The van der Waals surface area contributed by atoms with Crippen LogP contribution in [0.1, 0.15) is 34.0 Å². The monoisotopic (exact) mass is 407 g/mol. The minimum atomic E-state index is -1.06. The number of carboxylic acid groups (broad SMARTS) is 1. The second-order valence-electron chi connectivity index (χ2n) is 7.56. The fourth-order valence-corrected chi connectivity index (χ4v) is 4.60. The van der Waals surface area contributed by atoms with Crippen molar-refractivity contribution in [3.63, 3.8) is 0 Å². The molecule has 146 valence electrons. The van der Waals surface area contributed by atoms with Crippen LogP contribution in [-0.2, 0) is 16.8 Å². The van der Waals surface area contributed by atoms with E-state index in [9.17, 15) is 9.59 Å². The van der Waals surface area contributed by atoms with Gasteiger partial charge in [0.1, 0.15) is 0 Å². The van der Waals surface area contributed by atoms with Crippen LogP contribution in [-0.4, -0.2) is 33.1 Å². The summed E-state index contributed by atoms with van der Waals surface area (Å²) in [5.41, 5.74) is 2.63. The van der Waals surface area contributed by atoms with Gasteiger partial charge in [-0.15, -0.1) is 0 Å². The van der Waals surface area contributed by atoms with Gasteiger partial charge in [0.2, 0.25) is 5.91 Å². The average molecular weight is 408 g/mol. The van der Waals surface area contributed by atoms with Crippen molar-refractivity contribution in [2.24, 2.45) is 0 Å². The molecular formula is C22H18ClN3O3. The number of hydrogen-bond acceptors (Lipinski definition) is 3. The number of imidazole rings is 1. The van der Waals surface area contributed by atoms with Gasteiger partial charge in [0.05, 0.1) is 11.7 Å². The molecule has 0 radical (unpaired) electrons. The molecule has 1 spiro atoms. The highest BCUT2D eigenvalue weighted by atomic mass is 35.5. The molecule has 1 aromatic heterocycles. The third-order valence-electron chi connectivity index (χ3n) is 5.97. The Morgan fingerprint density at radius 1 is 1.17 bits per heavy atom. The Morgan fingerprint density at radius 2 is 1.93 bits per heavy atom. The summed E-state index contributed by atoms with van der Waals surface area (Å²) < 4.78 is 1.70. The van der Waals surface area contributed by atoms with Crippen LogP contribution in [0.2, 0.25) is 5.02 Å². The van der Waals surface area contributed by atoms with Gasteiger partial charge in [-0.3, -0.25) is 4.79 Å². The Hall–Kier alpha value is -3.12. The number of aromatic nitrogens is 2. The van der Waals surface area contributed by atoms with Crippen molar-refractivity contribution in [2.45, 2.75) is 24.3 Å². The number of anilines is 1. The predicted molar refractivity (Wildman–Crippen MR) is 108 cm³/mol. The van der Waals surface area contributed by atoms with E-state index in [0.717, 1.165) is 23.2 Å². The molecular weight excluding hydrogens is 390 g/mol. The number of amides is 1. The van der Waals surface area contributed by atoms with Crippen molar-refractivity contribution in [3.05, 3.63) is 82.9 Å². The highest BCUT2D eigenvalue weighted by molar-refractivity contribution is 6.30. The molecule has 1 N–H and O–H groups in total. The first kappa shape index (κ1) is 17.9. The maximum Gasteiger partial charge on any atom is 0.356 e. The summed E-state index contributed by atoms with van der Waals surface area (Å²) in [6, 6.07) is 15.7. The summed E-state index contributed by atoms with van der Waals surface area (Å²) >= 11 is 6.02. The molecule has 0 unspecified atom stereocenters. The Morgan fingerprint density at radius 3 is 2.66 bits per heavy atom. The van der Waals surface area contributed by atoms with E-state index >= 15 is 0 Å². The summed E-state index contributed by atoms with van der Waals surface area (Å²) in [7, 11) is 0. The highest BCUT2D eigenvalue weighted by Crippen LogP contribution is 2.66. The van der Waals surface area contributed by atoms with E-state index in [1.807, 2.05) is 53.4 Å². The minimum absolute atomic E-state index is 0.000357. The second-order valence-corrected chi connectivity index (χ2v) is 7.99. The van der Waals surface area contributed by atoms with E-state index in [4.69, 9.17) is 16.7 Å². The molecule has 1 amide bonds. The first-order chi connectivity index (χ1) is 14.0. The van der Waals surface area contributed by atoms with Crippen molar-refractivity contribution in [1.82, 2.24) is 9.55 Å². The number of benzene rings is 2. The molecule has 7 heteroatoms. The first-order valence-corrected chi connectivity index (χ1v) is 9.80. The molecule has 1 aliphatic carbocycles. The number of hydrogen-bond donors (Lipinski definition) is 1. The minimum Gasteiger partial charge on any atom is -0.476 e. The Balaban J connectivity index is 1.42. The molecule has 29 heavy (non-hydrogen) atoms. The summed E-state index contributed by atoms with van der Waals surface area (Å²) in [5, 5.41) is 9.72. The van der Waals surface area contributed by atoms with Gasteiger partial charge >= 0.3 is 5.97 Å². The van der Waals surface area contributed by atoms with E-state index in [-0.39, 0.29) is 17.5 Å². The van der Waals surface area contributed by atoms with Crippen LogP contribution in [0.4, 0.5) is 5.69 Å². The molecule has 2 aromatic carbocycles. The fraction of sp³-hybridized carbons (Fsp3) is 0.227. The second kappa shape index (κ2) is 6.46. The van der Waals surface area contributed by atoms with Crippen LogP contribution < -0.4 is 4.90 Å². The summed E-state index contributed by atoms with van der Waals surface area (Å²) in [6.45, 7) is 0.933. The van der Waals surface area contributed by atoms with Gasteiger partial charge in [0.15, 0.2) is 5.69 Å². The van der Waals surface area contributed by atoms with Crippen molar-refractivity contribution in [1.29, 1.82) is 0 Å². The molecule has 0 bridgehead atoms. The zero-order valence-electron chi connectivity index (χ0n) is 15.5. The number of nitrogens with zero attached hydrogens (tertiary/aromatic N) is 3. The van der Waals surface area contributed by atoms with Gasteiger partial charge in [0.25, 0.3) is 0 Å². The van der Waals surface area contributed by atoms with E-state index in [2.05, 4.69) is 4.98 Å². The normalized spacial score (nSPS) is 22.2. The van der Waals surface area contributed by atoms with Crippen molar-refractivity contribution in [2.75, 3.05) is 11.4 Å².